The van der Waals surface area contributed by atoms with Crippen molar-refractivity contribution in [3.05, 3.63) is 11.1 Å². The highest BCUT2D eigenvalue weighted by molar-refractivity contribution is 8.01. The van der Waals surface area contributed by atoms with Crippen LogP contribution in [0.3, 0.4) is 0 Å². The van der Waals surface area contributed by atoms with Crippen LogP contribution in [-0.2, 0) is 11.2 Å². The standard InChI is InChI=1S/C9H10N2O2S2/c1-2-7(4-10)15-9-11-6(5-14-9)3-8(12)13/h5,7H,2-3H2,1H3,(H,12,13). The number of nitrogens with zero attached hydrogens (tertiary/aromatic N) is 2. The Kier molecular flexibility index (Phi) is 4.59. The van der Waals surface area contributed by atoms with Gasteiger partial charge in [0.1, 0.15) is 0 Å². The molecule has 15 heavy (non-hydrogen) atoms. The summed E-state index contributed by atoms with van der Waals surface area (Å²) in [5, 5.41) is 18.9. The number of rotatable bonds is 5. The second-order valence-electron chi connectivity index (χ2n) is 2.82. The van der Waals surface area contributed by atoms with Crippen LogP contribution in [-0.4, -0.2) is 21.3 Å². The van der Waals surface area contributed by atoms with E-state index in [9.17, 15) is 4.79 Å². The number of nitriles is 1. The summed E-state index contributed by atoms with van der Waals surface area (Å²) in [6.07, 6.45) is 0.704. The monoisotopic (exact) mass is 242 g/mol. The highest BCUT2D eigenvalue weighted by Crippen LogP contribution is 2.28. The van der Waals surface area contributed by atoms with Crippen molar-refractivity contribution in [3.63, 3.8) is 0 Å². The predicted octanol–water partition coefficient (Wildman–Crippen LogP) is 2.16. The highest BCUT2D eigenvalue weighted by Gasteiger charge is 2.11. The largest absolute Gasteiger partial charge is 0.481 e. The van der Waals surface area contributed by atoms with Gasteiger partial charge in [-0.3, -0.25) is 4.79 Å². The van der Waals surface area contributed by atoms with Gasteiger partial charge in [-0.05, 0) is 6.42 Å². The lowest BCUT2D eigenvalue weighted by Gasteiger charge is -2.00. The minimum atomic E-state index is -0.885. The Morgan fingerprint density at radius 1 is 1.87 bits per heavy atom. The molecule has 6 heteroatoms. The quantitative estimate of drug-likeness (QED) is 0.801. The third-order valence-corrected chi connectivity index (χ3v) is 3.90. The van der Waals surface area contributed by atoms with Gasteiger partial charge in [-0.25, -0.2) is 4.98 Å². The van der Waals surface area contributed by atoms with Crippen LogP contribution in [0.25, 0.3) is 0 Å². The van der Waals surface area contributed by atoms with E-state index < -0.39 is 5.97 Å². The number of hydrogen-bond donors (Lipinski definition) is 1. The smallest absolute Gasteiger partial charge is 0.309 e. The summed E-state index contributed by atoms with van der Waals surface area (Å²) in [5.74, 6) is -0.885. The van der Waals surface area contributed by atoms with Gasteiger partial charge in [-0.1, -0.05) is 18.7 Å². The fourth-order valence-corrected chi connectivity index (χ4v) is 2.79. The number of hydrogen-bond acceptors (Lipinski definition) is 5. The summed E-state index contributed by atoms with van der Waals surface area (Å²) in [4.78, 5) is 14.6. The van der Waals surface area contributed by atoms with E-state index in [0.717, 1.165) is 10.8 Å². The maximum atomic E-state index is 10.4. The van der Waals surface area contributed by atoms with Crippen molar-refractivity contribution in [3.8, 4) is 6.07 Å². The third kappa shape index (κ3) is 3.90. The summed E-state index contributed by atoms with van der Waals surface area (Å²) in [5.41, 5.74) is 0.558. The number of thioether (sulfide) groups is 1. The lowest BCUT2D eigenvalue weighted by Crippen LogP contribution is -2.00. The van der Waals surface area contributed by atoms with Crippen LogP contribution < -0.4 is 0 Å². The molecule has 1 N–H and O–H groups in total. The topological polar surface area (TPSA) is 74.0 Å². The van der Waals surface area contributed by atoms with Crippen molar-refractivity contribution in [2.24, 2.45) is 0 Å². The van der Waals surface area contributed by atoms with Gasteiger partial charge < -0.3 is 5.11 Å². The normalized spacial score (nSPS) is 12.0. The van der Waals surface area contributed by atoms with Gasteiger partial charge in [-0.15, -0.1) is 11.3 Å². The minimum Gasteiger partial charge on any atom is -0.481 e. The first kappa shape index (κ1) is 12.0. The Balaban J connectivity index is 2.60. The van der Waals surface area contributed by atoms with E-state index >= 15 is 0 Å². The molecule has 1 atom stereocenters. The summed E-state index contributed by atoms with van der Waals surface area (Å²) < 4.78 is 0.764. The fraction of sp³-hybridized carbons (Fsp3) is 0.444. The van der Waals surface area contributed by atoms with E-state index in [0.29, 0.717) is 5.69 Å². The van der Waals surface area contributed by atoms with Crippen molar-refractivity contribution >= 4 is 29.1 Å². The zero-order chi connectivity index (χ0) is 11.3. The van der Waals surface area contributed by atoms with E-state index in [1.165, 1.54) is 23.1 Å². The molecule has 0 amide bonds. The van der Waals surface area contributed by atoms with Crippen LogP contribution >= 0.6 is 23.1 Å². The Morgan fingerprint density at radius 3 is 3.13 bits per heavy atom. The maximum Gasteiger partial charge on any atom is 0.309 e. The summed E-state index contributed by atoms with van der Waals surface area (Å²) in [6, 6.07) is 2.16. The Labute approximate surface area is 96.0 Å². The second-order valence-corrected chi connectivity index (χ2v) is 5.13. The SMILES string of the molecule is CCC(C#N)Sc1nc(CC(=O)O)cs1. The van der Waals surface area contributed by atoms with Gasteiger partial charge in [0.15, 0.2) is 4.34 Å². The molecular weight excluding hydrogens is 232 g/mol. The fourth-order valence-electron chi connectivity index (χ4n) is 0.901. The Bertz CT molecular complexity index is 384. The predicted molar refractivity (Wildman–Crippen MR) is 59.0 cm³/mol. The summed E-state index contributed by atoms with van der Waals surface area (Å²) in [7, 11) is 0. The van der Waals surface area contributed by atoms with E-state index in [4.69, 9.17) is 10.4 Å². The van der Waals surface area contributed by atoms with Gasteiger partial charge >= 0.3 is 5.97 Å². The van der Waals surface area contributed by atoms with E-state index in [-0.39, 0.29) is 11.7 Å². The molecular formula is C9H10N2O2S2. The van der Waals surface area contributed by atoms with Crippen LogP contribution in [0.2, 0.25) is 0 Å². The van der Waals surface area contributed by atoms with Gasteiger partial charge in [0.2, 0.25) is 0 Å². The second kappa shape index (κ2) is 5.73. The molecule has 0 aliphatic carbocycles. The Hall–Kier alpha value is -1.06. The van der Waals surface area contributed by atoms with E-state index in [1.54, 1.807) is 5.38 Å². The zero-order valence-electron chi connectivity index (χ0n) is 8.14. The molecule has 0 aromatic carbocycles. The number of aliphatic carboxylic acids is 1. The molecule has 0 spiro atoms. The first-order chi connectivity index (χ1) is 7.15. The van der Waals surface area contributed by atoms with Crippen molar-refractivity contribution in [2.75, 3.05) is 0 Å². The molecule has 0 aliphatic rings. The lowest BCUT2D eigenvalue weighted by molar-refractivity contribution is -0.136. The molecule has 0 bridgehead atoms. The van der Waals surface area contributed by atoms with Crippen LogP contribution in [0.15, 0.2) is 9.72 Å². The number of carbonyl (C=O) groups is 1. The molecule has 1 rings (SSSR count). The number of thiazole rings is 1. The molecule has 0 radical (unpaired) electrons. The molecule has 0 aliphatic heterocycles. The van der Waals surface area contributed by atoms with Crippen molar-refractivity contribution in [1.29, 1.82) is 5.26 Å². The van der Waals surface area contributed by atoms with Crippen LogP contribution in [0, 0.1) is 11.3 Å². The summed E-state index contributed by atoms with van der Waals surface area (Å²) in [6.45, 7) is 1.94. The molecule has 0 saturated carbocycles. The van der Waals surface area contributed by atoms with Gasteiger partial charge in [0, 0.05) is 5.38 Å². The van der Waals surface area contributed by atoms with Crippen LogP contribution in [0.1, 0.15) is 19.0 Å². The van der Waals surface area contributed by atoms with E-state index in [1.807, 2.05) is 6.92 Å². The first-order valence-corrected chi connectivity index (χ1v) is 6.14. The van der Waals surface area contributed by atoms with Gasteiger partial charge in [0.05, 0.1) is 23.4 Å². The maximum absolute atomic E-state index is 10.4. The highest BCUT2D eigenvalue weighted by atomic mass is 32.2. The number of aromatic nitrogens is 1. The third-order valence-electron chi connectivity index (χ3n) is 1.62. The van der Waals surface area contributed by atoms with Crippen molar-refractivity contribution in [2.45, 2.75) is 29.4 Å². The number of carboxylic acid groups (broad SMARTS) is 1. The lowest BCUT2D eigenvalue weighted by atomic mass is 10.3. The van der Waals surface area contributed by atoms with Crippen molar-refractivity contribution < 1.29 is 9.90 Å². The number of carboxylic acids is 1. The van der Waals surface area contributed by atoms with Crippen molar-refractivity contribution in [1.82, 2.24) is 4.98 Å². The Morgan fingerprint density at radius 2 is 2.60 bits per heavy atom. The van der Waals surface area contributed by atoms with E-state index in [2.05, 4.69) is 11.1 Å². The molecule has 1 unspecified atom stereocenters. The molecule has 4 nitrogen and oxygen atoms in total. The first-order valence-electron chi connectivity index (χ1n) is 4.38. The molecule has 0 fully saturated rings. The average molecular weight is 242 g/mol. The van der Waals surface area contributed by atoms with Crippen LogP contribution in [0.5, 0.6) is 0 Å². The molecule has 1 heterocycles. The molecule has 0 saturated heterocycles. The molecule has 1 aromatic rings. The molecule has 80 valence electrons. The van der Waals surface area contributed by atoms with Gasteiger partial charge in [-0.2, -0.15) is 5.26 Å². The zero-order valence-corrected chi connectivity index (χ0v) is 9.77. The average Bonchev–Trinajstić information content (AvgIpc) is 2.61. The van der Waals surface area contributed by atoms with Crippen LogP contribution in [0.4, 0.5) is 0 Å². The summed E-state index contributed by atoms with van der Waals surface area (Å²) >= 11 is 2.78. The molecule has 1 aromatic heterocycles. The van der Waals surface area contributed by atoms with Gasteiger partial charge in [0.25, 0.3) is 0 Å². The minimum absolute atomic E-state index is 0.0552.